The molecule has 2 heterocycles. The number of hydrogen-bond acceptors (Lipinski definition) is 6. The minimum Gasteiger partial charge on any atom is -0.507 e. The Hall–Kier alpha value is -4.00. The number of furan rings is 1. The third kappa shape index (κ3) is 4.05. The molecule has 4 rings (SSSR count). The van der Waals surface area contributed by atoms with Gasteiger partial charge in [-0.2, -0.15) is 0 Å². The average molecular weight is 462 g/mol. The van der Waals surface area contributed by atoms with Gasteiger partial charge >= 0.3 is 0 Å². The molecule has 0 aliphatic carbocycles. The highest BCUT2D eigenvalue weighted by Crippen LogP contribution is 2.45. The van der Waals surface area contributed by atoms with Gasteiger partial charge in [0.15, 0.2) is 0 Å². The fourth-order valence-electron chi connectivity index (χ4n) is 4.12. The summed E-state index contributed by atoms with van der Waals surface area (Å²) < 4.78 is 17.1. The van der Waals surface area contributed by atoms with Crippen LogP contribution in [0.5, 0.6) is 11.5 Å². The Balaban J connectivity index is 1.90. The van der Waals surface area contributed by atoms with E-state index in [1.54, 1.807) is 61.5 Å². The molecule has 7 nitrogen and oxygen atoms in total. The van der Waals surface area contributed by atoms with E-state index >= 15 is 0 Å². The quantitative estimate of drug-likeness (QED) is 0.304. The summed E-state index contributed by atoms with van der Waals surface area (Å²) in [5, 5.41) is 11.3. The van der Waals surface area contributed by atoms with E-state index in [-0.39, 0.29) is 17.4 Å². The van der Waals surface area contributed by atoms with Crippen LogP contribution in [0.15, 0.2) is 64.6 Å². The fraction of sp³-hybridized carbons (Fsp3) is 0.259. The molecule has 1 saturated heterocycles. The van der Waals surface area contributed by atoms with E-state index in [2.05, 4.69) is 0 Å². The highest BCUT2D eigenvalue weighted by molar-refractivity contribution is 6.51. The van der Waals surface area contributed by atoms with Crippen molar-refractivity contribution in [2.75, 3.05) is 12.0 Å². The third-order valence-electron chi connectivity index (χ3n) is 5.63. The topological polar surface area (TPSA) is 89.2 Å². The molecule has 0 spiro atoms. The van der Waals surface area contributed by atoms with E-state index in [0.29, 0.717) is 34.3 Å². The van der Waals surface area contributed by atoms with Gasteiger partial charge in [-0.25, -0.2) is 0 Å². The van der Waals surface area contributed by atoms with E-state index in [1.165, 1.54) is 12.0 Å². The zero-order valence-corrected chi connectivity index (χ0v) is 19.8. The summed E-state index contributed by atoms with van der Waals surface area (Å²) in [7, 11) is 1.49. The molecule has 1 aliphatic rings. The van der Waals surface area contributed by atoms with E-state index < -0.39 is 17.7 Å². The molecule has 1 aliphatic heterocycles. The molecule has 7 heteroatoms. The number of Topliss-reactive ketones (excluding diaryl/α,β-unsaturated/α-hetero) is 1. The van der Waals surface area contributed by atoms with Crippen LogP contribution in [0.2, 0.25) is 0 Å². The first-order chi connectivity index (χ1) is 16.2. The lowest BCUT2D eigenvalue weighted by Gasteiger charge is -2.25. The number of ketones is 1. The van der Waals surface area contributed by atoms with E-state index in [9.17, 15) is 14.7 Å². The number of hydrogen-bond donors (Lipinski definition) is 1. The van der Waals surface area contributed by atoms with Crippen molar-refractivity contribution in [1.29, 1.82) is 0 Å². The number of carbonyl (C=O) groups is 2. The molecule has 1 fully saturated rings. The van der Waals surface area contributed by atoms with Gasteiger partial charge in [-0.05, 0) is 75.7 Å². The molecule has 3 aromatic rings. The van der Waals surface area contributed by atoms with Gasteiger partial charge in [0.25, 0.3) is 11.7 Å². The van der Waals surface area contributed by atoms with Crippen molar-refractivity contribution < 1.29 is 28.6 Å². The third-order valence-corrected chi connectivity index (χ3v) is 5.63. The van der Waals surface area contributed by atoms with Gasteiger partial charge in [-0.1, -0.05) is 12.1 Å². The molecule has 1 amide bonds. The van der Waals surface area contributed by atoms with Crippen LogP contribution in [-0.2, 0) is 9.59 Å². The molecule has 34 heavy (non-hydrogen) atoms. The summed E-state index contributed by atoms with van der Waals surface area (Å²) >= 11 is 0. The van der Waals surface area contributed by atoms with Crippen LogP contribution in [0.1, 0.15) is 42.5 Å². The van der Waals surface area contributed by atoms with Crippen molar-refractivity contribution in [3.05, 3.63) is 82.8 Å². The number of para-hydroxylation sites is 2. The van der Waals surface area contributed by atoms with Crippen LogP contribution in [0.4, 0.5) is 5.69 Å². The second-order valence-electron chi connectivity index (χ2n) is 8.44. The number of anilines is 1. The number of methoxy groups -OCH3 is 1. The summed E-state index contributed by atoms with van der Waals surface area (Å²) in [4.78, 5) is 27.9. The maximum atomic E-state index is 13.3. The number of rotatable bonds is 6. The Morgan fingerprint density at radius 1 is 1.03 bits per heavy atom. The van der Waals surface area contributed by atoms with Crippen LogP contribution in [0, 0.1) is 13.8 Å². The van der Waals surface area contributed by atoms with E-state index in [1.807, 2.05) is 20.8 Å². The first-order valence-electron chi connectivity index (χ1n) is 11.0. The zero-order chi connectivity index (χ0) is 24.6. The first kappa shape index (κ1) is 23.2. The molecule has 0 saturated carbocycles. The van der Waals surface area contributed by atoms with Crippen molar-refractivity contribution >= 4 is 23.1 Å². The number of amides is 1. The average Bonchev–Trinajstić information content (AvgIpc) is 3.35. The number of benzene rings is 2. The van der Waals surface area contributed by atoms with E-state index in [4.69, 9.17) is 13.9 Å². The van der Waals surface area contributed by atoms with Gasteiger partial charge in [-0.3, -0.25) is 14.5 Å². The SMILES string of the molecule is COc1ccccc1N1C(=O)C(=O)/C(=C(\O)c2ccc(OC(C)C)c(C)c2)C1c1ccc(C)o1. The lowest BCUT2D eigenvalue weighted by atomic mass is 9.98. The highest BCUT2D eigenvalue weighted by atomic mass is 16.5. The number of nitrogens with zero attached hydrogens (tertiary/aromatic N) is 1. The molecule has 1 unspecified atom stereocenters. The Morgan fingerprint density at radius 3 is 2.38 bits per heavy atom. The maximum Gasteiger partial charge on any atom is 0.300 e. The van der Waals surface area contributed by atoms with Crippen molar-refractivity contribution in [3.63, 3.8) is 0 Å². The van der Waals surface area contributed by atoms with E-state index in [0.717, 1.165) is 5.56 Å². The summed E-state index contributed by atoms with van der Waals surface area (Å²) in [5.74, 6) is 0.216. The number of aryl methyl sites for hydroxylation is 2. The number of aliphatic hydroxyl groups is 1. The molecule has 1 atom stereocenters. The van der Waals surface area contributed by atoms with Crippen molar-refractivity contribution in [2.45, 2.75) is 39.8 Å². The van der Waals surface area contributed by atoms with Crippen LogP contribution in [0.3, 0.4) is 0 Å². The smallest absolute Gasteiger partial charge is 0.300 e. The molecule has 1 aromatic heterocycles. The monoisotopic (exact) mass is 461 g/mol. The Bertz CT molecular complexity index is 1290. The van der Waals surface area contributed by atoms with Crippen LogP contribution >= 0.6 is 0 Å². The standard InChI is InChI=1S/C27H27NO6/c1-15(2)33-20-13-11-18(14-16(20)3)25(29)23-24(22-12-10-17(4)34-22)28(27(31)26(23)30)19-8-6-7-9-21(19)32-5/h6-15,24,29H,1-5H3/b25-23-. The Labute approximate surface area is 198 Å². The molecule has 0 bridgehead atoms. The minimum atomic E-state index is -0.961. The molecule has 2 aromatic carbocycles. The van der Waals surface area contributed by atoms with Crippen molar-refractivity contribution in [3.8, 4) is 11.5 Å². The summed E-state index contributed by atoms with van der Waals surface area (Å²) in [6, 6.07) is 14.5. The largest absolute Gasteiger partial charge is 0.507 e. The van der Waals surface area contributed by atoms with Gasteiger partial charge in [0.1, 0.15) is 34.8 Å². The Morgan fingerprint density at radius 2 is 1.76 bits per heavy atom. The summed E-state index contributed by atoms with van der Waals surface area (Å²) in [5.41, 5.74) is 1.55. The van der Waals surface area contributed by atoms with Gasteiger partial charge in [0, 0.05) is 5.56 Å². The van der Waals surface area contributed by atoms with Crippen LogP contribution in [-0.4, -0.2) is 30.0 Å². The fourth-order valence-corrected chi connectivity index (χ4v) is 4.12. The molecular weight excluding hydrogens is 434 g/mol. The van der Waals surface area contributed by atoms with Crippen LogP contribution in [0.25, 0.3) is 5.76 Å². The van der Waals surface area contributed by atoms with Crippen molar-refractivity contribution in [1.82, 2.24) is 0 Å². The van der Waals surface area contributed by atoms with Gasteiger partial charge in [0.2, 0.25) is 0 Å². The zero-order valence-electron chi connectivity index (χ0n) is 19.8. The molecular formula is C27H27NO6. The predicted octanol–water partition coefficient (Wildman–Crippen LogP) is 5.32. The lowest BCUT2D eigenvalue weighted by molar-refractivity contribution is -0.132. The normalized spacial score (nSPS) is 17.5. The summed E-state index contributed by atoms with van der Waals surface area (Å²) in [6.07, 6.45) is -0.00786. The van der Waals surface area contributed by atoms with Gasteiger partial charge in [0.05, 0.1) is 24.5 Å². The number of carbonyl (C=O) groups excluding carboxylic acids is 2. The molecule has 1 N–H and O–H groups in total. The van der Waals surface area contributed by atoms with Crippen molar-refractivity contribution in [2.24, 2.45) is 0 Å². The maximum absolute atomic E-state index is 13.3. The Kier molecular flexibility index (Phi) is 6.20. The van der Waals surface area contributed by atoms with Gasteiger partial charge < -0.3 is 19.0 Å². The predicted molar refractivity (Wildman–Crippen MR) is 128 cm³/mol. The molecule has 176 valence electrons. The lowest BCUT2D eigenvalue weighted by Crippen LogP contribution is -2.29. The first-order valence-corrected chi connectivity index (χ1v) is 11.0. The number of ether oxygens (including phenoxy) is 2. The summed E-state index contributed by atoms with van der Waals surface area (Å²) in [6.45, 7) is 7.49. The second kappa shape index (κ2) is 9.09. The number of aliphatic hydroxyl groups excluding tert-OH is 1. The van der Waals surface area contributed by atoms with Gasteiger partial charge in [-0.15, -0.1) is 0 Å². The molecule has 0 radical (unpaired) electrons. The highest BCUT2D eigenvalue weighted by Gasteiger charge is 2.49. The second-order valence-corrected chi connectivity index (χ2v) is 8.44. The van der Waals surface area contributed by atoms with Crippen LogP contribution < -0.4 is 14.4 Å². The minimum absolute atomic E-state index is 0.00786.